The minimum atomic E-state index is 0.675. The van der Waals surface area contributed by atoms with Crippen molar-refractivity contribution < 1.29 is 0 Å². The molecule has 0 fully saturated rings. The first-order valence-corrected chi connectivity index (χ1v) is 9.61. The first-order valence-electron chi connectivity index (χ1n) is 8.73. The molecule has 0 aliphatic heterocycles. The van der Waals surface area contributed by atoms with E-state index in [0.717, 1.165) is 37.7 Å². The Labute approximate surface area is 152 Å². The van der Waals surface area contributed by atoms with Crippen molar-refractivity contribution in [2.75, 3.05) is 13.1 Å². The average molecular weight is 356 g/mol. The van der Waals surface area contributed by atoms with Crippen LogP contribution in [-0.4, -0.2) is 28.6 Å². The predicted octanol–water partition coefficient (Wildman–Crippen LogP) is 3.55. The second-order valence-electron chi connectivity index (χ2n) is 5.90. The van der Waals surface area contributed by atoms with E-state index >= 15 is 0 Å². The topological polar surface area (TPSA) is 54.2 Å². The summed E-state index contributed by atoms with van der Waals surface area (Å²) in [6, 6.07) is 10.7. The highest BCUT2D eigenvalue weighted by Crippen LogP contribution is 2.15. The molecule has 0 atom stereocenters. The van der Waals surface area contributed by atoms with E-state index in [1.54, 1.807) is 11.3 Å². The van der Waals surface area contributed by atoms with Crippen molar-refractivity contribution in [3.05, 3.63) is 52.6 Å². The van der Waals surface area contributed by atoms with Crippen molar-refractivity contribution in [2.45, 2.75) is 33.4 Å². The molecule has 132 valence electrons. The van der Waals surface area contributed by atoms with Crippen LogP contribution in [0.5, 0.6) is 0 Å². The van der Waals surface area contributed by atoms with Crippen molar-refractivity contribution in [3.63, 3.8) is 0 Å². The Bertz CT molecular complexity index is 833. The fraction of sp³-hybridized carbons (Fsp3) is 0.368. The molecule has 5 nitrogen and oxygen atoms in total. The van der Waals surface area contributed by atoms with Crippen LogP contribution in [0.25, 0.3) is 10.9 Å². The zero-order valence-electron chi connectivity index (χ0n) is 14.8. The van der Waals surface area contributed by atoms with E-state index in [4.69, 9.17) is 0 Å². The van der Waals surface area contributed by atoms with Gasteiger partial charge in [-0.3, -0.25) is 0 Å². The van der Waals surface area contributed by atoms with Gasteiger partial charge in [0.15, 0.2) is 5.96 Å². The minimum absolute atomic E-state index is 0.675. The van der Waals surface area contributed by atoms with Crippen LogP contribution in [0.4, 0.5) is 0 Å². The third-order valence-corrected chi connectivity index (χ3v) is 5.04. The Morgan fingerprint density at radius 2 is 2.12 bits per heavy atom. The lowest BCUT2D eigenvalue weighted by atomic mass is 10.2. The van der Waals surface area contributed by atoms with E-state index in [-0.39, 0.29) is 0 Å². The second kappa shape index (κ2) is 8.67. The number of fused-ring (bicyclic) bond motifs is 1. The smallest absolute Gasteiger partial charge is 0.191 e. The molecule has 2 aromatic heterocycles. The number of aryl methyl sites for hydroxylation is 2. The monoisotopic (exact) mass is 355 g/mol. The van der Waals surface area contributed by atoms with E-state index < -0.39 is 0 Å². The molecular formula is C19H25N5S. The number of guanidine groups is 1. The summed E-state index contributed by atoms with van der Waals surface area (Å²) < 4.78 is 2.31. The van der Waals surface area contributed by atoms with Gasteiger partial charge in [0.05, 0.1) is 17.7 Å². The SMILES string of the molecule is CCNC(=NCc1scnc1C)NCCCn1ccc2ccccc21. The van der Waals surface area contributed by atoms with Crippen molar-refractivity contribution in [1.82, 2.24) is 20.2 Å². The van der Waals surface area contributed by atoms with Crippen LogP contribution in [0, 0.1) is 6.92 Å². The largest absolute Gasteiger partial charge is 0.357 e. The number of aliphatic imine (C=N–C) groups is 1. The zero-order chi connectivity index (χ0) is 17.5. The number of hydrogen-bond acceptors (Lipinski definition) is 3. The molecule has 3 aromatic rings. The zero-order valence-corrected chi connectivity index (χ0v) is 15.6. The number of rotatable bonds is 7. The van der Waals surface area contributed by atoms with E-state index in [1.165, 1.54) is 15.8 Å². The maximum atomic E-state index is 4.66. The molecule has 25 heavy (non-hydrogen) atoms. The number of hydrogen-bond donors (Lipinski definition) is 2. The summed E-state index contributed by atoms with van der Waals surface area (Å²) in [5, 5.41) is 8.02. The Hall–Kier alpha value is -2.34. The van der Waals surface area contributed by atoms with E-state index in [2.05, 4.69) is 68.6 Å². The lowest BCUT2D eigenvalue weighted by Gasteiger charge is -2.12. The van der Waals surface area contributed by atoms with Crippen LogP contribution in [0.1, 0.15) is 23.9 Å². The highest BCUT2D eigenvalue weighted by molar-refractivity contribution is 7.09. The summed E-state index contributed by atoms with van der Waals surface area (Å²) >= 11 is 1.66. The lowest BCUT2D eigenvalue weighted by Crippen LogP contribution is -2.38. The predicted molar refractivity (Wildman–Crippen MR) is 106 cm³/mol. The Kier molecular flexibility index (Phi) is 6.06. The van der Waals surface area contributed by atoms with Gasteiger partial charge in [-0.2, -0.15) is 0 Å². The van der Waals surface area contributed by atoms with Crippen LogP contribution >= 0.6 is 11.3 Å². The normalized spacial score (nSPS) is 11.8. The second-order valence-corrected chi connectivity index (χ2v) is 6.84. The van der Waals surface area contributed by atoms with Gasteiger partial charge in [0.25, 0.3) is 0 Å². The molecule has 0 amide bonds. The standard InChI is InChI=1S/C19H25N5S/c1-3-20-19(22-13-18-15(2)23-14-25-18)21-10-6-11-24-12-9-16-7-4-5-8-17(16)24/h4-5,7-9,12,14H,3,6,10-11,13H2,1-2H3,(H2,20,21,22). The van der Waals surface area contributed by atoms with Crippen molar-refractivity contribution >= 4 is 28.2 Å². The van der Waals surface area contributed by atoms with Crippen LogP contribution in [0.3, 0.4) is 0 Å². The third kappa shape index (κ3) is 4.60. The van der Waals surface area contributed by atoms with Crippen LogP contribution in [0.2, 0.25) is 0 Å². The Morgan fingerprint density at radius 1 is 1.24 bits per heavy atom. The molecule has 1 aromatic carbocycles. The van der Waals surface area contributed by atoms with E-state index in [0.29, 0.717) is 6.54 Å². The summed E-state index contributed by atoms with van der Waals surface area (Å²) in [5.41, 5.74) is 4.25. The maximum absolute atomic E-state index is 4.66. The molecule has 0 aliphatic rings. The number of nitrogens with zero attached hydrogens (tertiary/aromatic N) is 3. The molecule has 0 saturated heterocycles. The Morgan fingerprint density at radius 3 is 2.92 bits per heavy atom. The molecular weight excluding hydrogens is 330 g/mol. The van der Waals surface area contributed by atoms with Gasteiger partial charge < -0.3 is 15.2 Å². The fourth-order valence-electron chi connectivity index (χ4n) is 2.76. The van der Waals surface area contributed by atoms with Gasteiger partial charge in [-0.15, -0.1) is 11.3 Å². The van der Waals surface area contributed by atoms with Crippen LogP contribution in [-0.2, 0) is 13.1 Å². The minimum Gasteiger partial charge on any atom is -0.357 e. The van der Waals surface area contributed by atoms with Gasteiger partial charge in [-0.05, 0) is 37.8 Å². The highest BCUT2D eigenvalue weighted by atomic mass is 32.1. The first-order chi connectivity index (χ1) is 12.3. The fourth-order valence-corrected chi connectivity index (χ4v) is 3.46. The van der Waals surface area contributed by atoms with E-state index in [1.807, 2.05) is 12.4 Å². The summed E-state index contributed by atoms with van der Waals surface area (Å²) in [5.74, 6) is 0.868. The molecule has 0 unspecified atom stereocenters. The molecule has 0 spiro atoms. The van der Waals surface area contributed by atoms with Crippen LogP contribution in [0.15, 0.2) is 47.0 Å². The van der Waals surface area contributed by atoms with Gasteiger partial charge in [0.2, 0.25) is 0 Å². The summed E-state index contributed by atoms with van der Waals surface area (Å²) in [7, 11) is 0. The number of aromatic nitrogens is 2. The van der Waals surface area contributed by atoms with Gasteiger partial charge in [-0.1, -0.05) is 18.2 Å². The molecule has 0 aliphatic carbocycles. The number of para-hydroxylation sites is 1. The average Bonchev–Trinajstić information content (AvgIpc) is 3.22. The van der Waals surface area contributed by atoms with Gasteiger partial charge in [-0.25, -0.2) is 9.98 Å². The first kappa shape index (κ1) is 17.5. The lowest BCUT2D eigenvalue weighted by molar-refractivity contribution is 0.641. The molecule has 3 rings (SSSR count). The van der Waals surface area contributed by atoms with Crippen molar-refractivity contribution in [2.24, 2.45) is 4.99 Å². The molecule has 0 saturated carbocycles. The van der Waals surface area contributed by atoms with E-state index in [9.17, 15) is 0 Å². The summed E-state index contributed by atoms with van der Waals surface area (Å²) in [6.45, 7) is 7.53. The van der Waals surface area contributed by atoms with Gasteiger partial charge in [0, 0.05) is 36.2 Å². The molecule has 0 bridgehead atoms. The summed E-state index contributed by atoms with van der Waals surface area (Å²) in [6.07, 6.45) is 3.21. The number of benzene rings is 1. The van der Waals surface area contributed by atoms with Crippen molar-refractivity contribution in [1.29, 1.82) is 0 Å². The number of nitrogens with one attached hydrogen (secondary N) is 2. The summed E-state index contributed by atoms with van der Waals surface area (Å²) in [4.78, 5) is 10.2. The quantitative estimate of drug-likeness (QED) is 0.387. The maximum Gasteiger partial charge on any atom is 0.191 e. The molecule has 2 heterocycles. The van der Waals surface area contributed by atoms with Crippen LogP contribution < -0.4 is 10.6 Å². The van der Waals surface area contributed by atoms with Gasteiger partial charge in [0.1, 0.15) is 0 Å². The molecule has 6 heteroatoms. The van der Waals surface area contributed by atoms with Gasteiger partial charge >= 0.3 is 0 Å². The Balaban J connectivity index is 1.50. The highest BCUT2D eigenvalue weighted by Gasteiger charge is 2.03. The molecule has 2 N–H and O–H groups in total. The number of thiazole rings is 1. The van der Waals surface area contributed by atoms with Crippen molar-refractivity contribution in [3.8, 4) is 0 Å². The third-order valence-electron chi connectivity index (χ3n) is 4.12. The molecule has 0 radical (unpaired) electrons.